The molecule has 3 rings (SSSR count). The summed E-state index contributed by atoms with van der Waals surface area (Å²) in [4.78, 5) is 12.6. The molecule has 0 bridgehead atoms. The van der Waals surface area contributed by atoms with Crippen LogP contribution in [0.25, 0.3) is 10.9 Å². The van der Waals surface area contributed by atoms with E-state index in [2.05, 4.69) is 15.5 Å². The minimum absolute atomic E-state index is 0.0238. The van der Waals surface area contributed by atoms with Gasteiger partial charge in [0.05, 0.1) is 11.4 Å². The predicted molar refractivity (Wildman–Crippen MR) is 90.2 cm³/mol. The fourth-order valence-corrected chi connectivity index (χ4v) is 3.25. The molecule has 2 heterocycles. The van der Waals surface area contributed by atoms with Gasteiger partial charge in [0.25, 0.3) is 0 Å². The van der Waals surface area contributed by atoms with Crippen LogP contribution in [0, 0.1) is 6.92 Å². The van der Waals surface area contributed by atoms with Gasteiger partial charge in [0.15, 0.2) is 0 Å². The SMILES string of the molecule is Cc1[nH]nc2ccc(NC(=O)C(CCN)c3ccsc3)cc12. The number of nitrogens with two attached hydrogens (primary N) is 1. The normalized spacial score (nSPS) is 12.5. The summed E-state index contributed by atoms with van der Waals surface area (Å²) in [5.41, 5.74) is 9.34. The number of aromatic amines is 1. The van der Waals surface area contributed by atoms with Crippen LogP contribution in [-0.2, 0) is 4.79 Å². The number of anilines is 1. The standard InChI is InChI=1S/C16H18N4OS/c1-10-14-8-12(2-3-15(14)20-19-10)18-16(21)13(4-6-17)11-5-7-22-9-11/h2-3,5,7-9,13H,4,6,17H2,1H3,(H,18,21)(H,19,20). The number of hydrogen-bond acceptors (Lipinski definition) is 4. The van der Waals surface area contributed by atoms with Crippen molar-refractivity contribution in [3.8, 4) is 0 Å². The zero-order valence-corrected chi connectivity index (χ0v) is 13.1. The fraction of sp³-hybridized carbons (Fsp3) is 0.250. The maximum atomic E-state index is 12.6. The third-order valence-electron chi connectivity index (χ3n) is 3.73. The Morgan fingerprint density at radius 2 is 2.32 bits per heavy atom. The van der Waals surface area contributed by atoms with Crippen LogP contribution in [0.2, 0.25) is 0 Å². The molecule has 1 unspecified atom stereocenters. The molecule has 0 aliphatic rings. The first-order chi connectivity index (χ1) is 10.7. The average Bonchev–Trinajstić information content (AvgIpc) is 3.15. The van der Waals surface area contributed by atoms with Gasteiger partial charge in [-0.25, -0.2) is 0 Å². The number of fused-ring (bicyclic) bond motifs is 1. The van der Waals surface area contributed by atoms with Crippen LogP contribution in [0.1, 0.15) is 23.6 Å². The number of thiophene rings is 1. The molecule has 22 heavy (non-hydrogen) atoms. The van der Waals surface area contributed by atoms with Crippen LogP contribution in [0.15, 0.2) is 35.0 Å². The van der Waals surface area contributed by atoms with E-state index < -0.39 is 0 Å². The maximum absolute atomic E-state index is 12.6. The van der Waals surface area contributed by atoms with Crippen LogP contribution in [-0.4, -0.2) is 22.6 Å². The molecule has 5 nitrogen and oxygen atoms in total. The van der Waals surface area contributed by atoms with E-state index in [-0.39, 0.29) is 11.8 Å². The first kappa shape index (κ1) is 14.7. The highest BCUT2D eigenvalue weighted by Gasteiger charge is 2.20. The van der Waals surface area contributed by atoms with Crippen LogP contribution in [0.4, 0.5) is 5.69 Å². The Hall–Kier alpha value is -2.18. The summed E-state index contributed by atoms with van der Waals surface area (Å²) >= 11 is 1.59. The van der Waals surface area contributed by atoms with Crippen molar-refractivity contribution < 1.29 is 4.79 Å². The Morgan fingerprint density at radius 1 is 1.45 bits per heavy atom. The monoisotopic (exact) mass is 314 g/mol. The predicted octanol–water partition coefficient (Wildman–Crippen LogP) is 3.00. The van der Waals surface area contributed by atoms with Gasteiger partial charge < -0.3 is 11.1 Å². The summed E-state index contributed by atoms with van der Waals surface area (Å²) in [6, 6.07) is 7.69. The Balaban J connectivity index is 1.82. The number of amides is 1. The average molecular weight is 314 g/mol. The molecule has 2 aromatic heterocycles. The Morgan fingerprint density at radius 3 is 3.05 bits per heavy atom. The second-order valence-corrected chi connectivity index (χ2v) is 6.04. The zero-order valence-electron chi connectivity index (χ0n) is 12.3. The summed E-state index contributed by atoms with van der Waals surface area (Å²) in [6.07, 6.45) is 0.634. The molecule has 0 saturated heterocycles. The molecule has 0 saturated carbocycles. The molecule has 4 N–H and O–H groups in total. The lowest BCUT2D eigenvalue weighted by atomic mass is 9.97. The summed E-state index contributed by atoms with van der Waals surface area (Å²) in [6.45, 7) is 2.44. The number of carbonyl (C=O) groups is 1. The van der Waals surface area contributed by atoms with Gasteiger partial charge >= 0.3 is 0 Å². The van der Waals surface area contributed by atoms with Crippen molar-refractivity contribution >= 4 is 33.8 Å². The van der Waals surface area contributed by atoms with Crippen molar-refractivity contribution in [1.82, 2.24) is 10.2 Å². The van der Waals surface area contributed by atoms with Crippen molar-refractivity contribution in [2.45, 2.75) is 19.3 Å². The van der Waals surface area contributed by atoms with E-state index in [0.717, 1.165) is 27.8 Å². The highest BCUT2D eigenvalue weighted by molar-refractivity contribution is 7.08. The van der Waals surface area contributed by atoms with Gasteiger partial charge in [-0.1, -0.05) is 0 Å². The largest absolute Gasteiger partial charge is 0.330 e. The van der Waals surface area contributed by atoms with E-state index in [1.165, 1.54) is 0 Å². The molecular weight excluding hydrogens is 296 g/mol. The number of benzene rings is 1. The summed E-state index contributed by atoms with van der Waals surface area (Å²) in [5.74, 6) is -0.234. The van der Waals surface area contributed by atoms with Crippen LogP contribution in [0.5, 0.6) is 0 Å². The Labute approximate surface area is 132 Å². The Kier molecular flexibility index (Phi) is 4.22. The zero-order chi connectivity index (χ0) is 15.5. The topological polar surface area (TPSA) is 83.8 Å². The molecule has 1 atom stereocenters. The molecule has 0 spiro atoms. The fourth-order valence-electron chi connectivity index (χ4n) is 2.53. The number of rotatable bonds is 5. The van der Waals surface area contributed by atoms with Crippen molar-refractivity contribution in [3.63, 3.8) is 0 Å². The van der Waals surface area contributed by atoms with Crippen molar-refractivity contribution in [2.75, 3.05) is 11.9 Å². The van der Waals surface area contributed by atoms with Gasteiger partial charge in [0, 0.05) is 16.8 Å². The lowest BCUT2D eigenvalue weighted by Crippen LogP contribution is -2.23. The molecule has 6 heteroatoms. The number of aromatic nitrogens is 2. The van der Waals surface area contributed by atoms with Crippen molar-refractivity contribution in [3.05, 3.63) is 46.3 Å². The summed E-state index contributed by atoms with van der Waals surface area (Å²) < 4.78 is 0. The quantitative estimate of drug-likeness (QED) is 0.677. The smallest absolute Gasteiger partial charge is 0.231 e. The molecule has 114 valence electrons. The molecule has 0 aliphatic heterocycles. The van der Waals surface area contributed by atoms with E-state index in [1.54, 1.807) is 11.3 Å². The van der Waals surface area contributed by atoms with Gasteiger partial charge in [-0.15, -0.1) is 0 Å². The third-order valence-corrected chi connectivity index (χ3v) is 4.43. The number of H-pyrrole nitrogens is 1. The van der Waals surface area contributed by atoms with Gasteiger partial charge in [0.2, 0.25) is 5.91 Å². The van der Waals surface area contributed by atoms with E-state index >= 15 is 0 Å². The second-order valence-electron chi connectivity index (χ2n) is 5.26. The Bertz CT molecular complexity index is 779. The molecule has 3 aromatic rings. The van der Waals surface area contributed by atoms with Crippen LogP contribution >= 0.6 is 11.3 Å². The molecule has 0 radical (unpaired) electrons. The van der Waals surface area contributed by atoms with Crippen LogP contribution < -0.4 is 11.1 Å². The number of carbonyl (C=O) groups excluding carboxylic acids is 1. The summed E-state index contributed by atoms with van der Waals surface area (Å²) in [7, 11) is 0. The first-order valence-electron chi connectivity index (χ1n) is 7.17. The van der Waals surface area contributed by atoms with Crippen molar-refractivity contribution in [1.29, 1.82) is 0 Å². The lowest BCUT2D eigenvalue weighted by Gasteiger charge is -2.15. The van der Waals surface area contributed by atoms with Crippen LogP contribution in [0.3, 0.4) is 0 Å². The molecule has 0 aliphatic carbocycles. The lowest BCUT2D eigenvalue weighted by molar-refractivity contribution is -0.117. The molecule has 0 fully saturated rings. The number of nitrogens with zero attached hydrogens (tertiary/aromatic N) is 1. The van der Waals surface area contributed by atoms with E-state index in [1.807, 2.05) is 41.9 Å². The third kappa shape index (κ3) is 2.88. The highest BCUT2D eigenvalue weighted by Crippen LogP contribution is 2.25. The molecule has 1 aromatic carbocycles. The van der Waals surface area contributed by atoms with E-state index in [4.69, 9.17) is 5.73 Å². The number of hydrogen-bond donors (Lipinski definition) is 3. The second kappa shape index (κ2) is 6.29. The van der Waals surface area contributed by atoms with Gasteiger partial charge in [-0.05, 0) is 60.5 Å². The van der Waals surface area contributed by atoms with Gasteiger partial charge in [-0.3, -0.25) is 9.89 Å². The minimum Gasteiger partial charge on any atom is -0.330 e. The molecular formula is C16H18N4OS. The number of nitrogens with one attached hydrogen (secondary N) is 2. The van der Waals surface area contributed by atoms with Gasteiger partial charge in [0.1, 0.15) is 0 Å². The first-order valence-corrected chi connectivity index (χ1v) is 8.11. The van der Waals surface area contributed by atoms with E-state index in [9.17, 15) is 4.79 Å². The molecule has 1 amide bonds. The minimum atomic E-state index is -0.211. The number of aryl methyl sites for hydroxylation is 1. The van der Waals surface area contributed by atoms with Gasteiger partial charge in [-0.2, -0.15) is 16.4 Å². The van der Waals surface area contributed by atoms with Crippen molar-refractivity contribution in [2.24, 2.45) is 5.73 Å². The maximum Gasteiger partial charge on any atom is 0.231 e. The highest BCUT2D eigenvalue weighted by atomic mass is 32.1. The van der Waals surface area contributed by atoms with E-state index in [0.29, 0.717) is 13.0 Å². The summed E-state index contributed by atoms with van der Waals surface area (Å²) in [5, 5.41) is 15.1.